The highest BCUT2D eigenvalue weighted by Gasteiger charge is 2.14. The summed E-state index contributed by atoms with van der Waals surface area (Å²) < 4.78 is 15.9. The van der Waals surface area contributed by atoms with Gasteiger partial charge in [-0.25, -0.2) is 4.57 Å². The largest absolute Gasteiger partial charge is 0.397 e. The van der Waals surface area contributed by atoms with Crippen molar-refractivity contribution >= 4 is 37.3 Å². The quantitative estimate of drug-likeness (QED) is 0.202. The van der Waals surface area contributed by atoms with Crippen LogP contribution in [0.15, 0.2) is 84.5 Å². The molecule has 0 aliphatic carbocycles. The van der Waals surface area contributed by atoms with Crippen molar-refractivity contribution in [1.82, 2.24) is 4.98 Å². The number of carbonyl (C=O) groups excluding carboxylic acids is 1. The number of nitrogens with two attached hydrogens (primary N) is 1. The van der Waals surface area contributed by atoms with Crippen molar-refractivity contribution in [2.75, 3.05) is 17.7 Å². The van der Waals surface area contributed by atoms with Gasteiger partial charge in [0, 0.05) is 22.8 Å². The number of carbonyl (C=O) groups is 1. The van der Waals surface area contributed by atoms with Gasteiger partial charge in [-0.2, -0.15) is 0 Å². The molecule has 1 atom stereocenters. The van der Waals surface area contributed by atoms with Gasteiger partial charge >= 0.3 is 8.69 Å². The normalized spacial score (nSPS) is 11.9. The van der Waals surface area contributed by atoms with E-state index in [2.05, 4.69) is 10.3 Å². The summed E-state index contributed by atoms with van der Waals surface area (Å²) in [6.45, 7) is 0.363. The number of hydrogen-bond donors (Lipinski definition) is 2. The lowest BCUT2D eigenvalue weighted by molar-refractivity contribution is 0.102. The molecule has 4 aromatic rings. The zero-order chi connectivity index (χ0) is 23.8. The second-order valence-electron chi connectivity index (χ2n) is 7.94. The van der Waals surface area contributed by atoms with Crippen molar-refractivity contribution < 1.29 is 13.9 Å². The third kappa shape index (κ3) is 6.35. The number of amides is 1. The molecule has 172 valence electrons. The minimum atomic E-state index is -0.327. The number of thiophene rings is 1. The fourth-order valence-corrected chi connectivity index (χ4v) is 4.75. The molecule has 0 aliphatic heterocycles. The Morgan fingerprint density at radius 2 is 1.88 bits per heavy atom. The maximum Gasteiger partial charge on any atom is 0.327 e. The summed E-state index contributed by atoms with van der Waals surface area (Å²) >= 11 is 1.63. The topological polar surface area (TPSA) is 94.3 Å². The molecule has 2 aromatic heterocycles. The van der Waals surface area contributed by atoms with Gasteiger partial charge in [0.25, 0.3) is 5.91 Å². The Bertz CT molecular complexity index is 1230. The number of rotatable bonds is 10. The van der Waals surface area contributed by atoms with Crippen LogP contribution in [0.2, 0.25) is 0 Å². The number of pyridine rings is 1. The summed E-state index contributed by atoms with van der Waals surface area (Å²) in [4.78, 5) is 18.1. The second-order valence-corrected chi connectivity index (χ2v) is 9.29. The molecule has 0 aliphatic rings. The Hall–Kier alpha value is -3.38. The Morgan fingerprint density at radius 1 is 1.06 bits per heavy atom. The Morgan fingerprint density at radius 3 is 2.59 bits per heavy atom. The van der Waals surface area contributed by atoms with E-state index in [1.165, 1.54) is 0 Å². The lowest BCUT2D eigenvalue weighted by atomic mass is 9.93. The molecule has 6 nitrogen and oxygen atoms in total. The van der Waals surface area contributed by atoms with E-state index in [9.17, 15) is 9.36 Å². The SMILES string of the molecule is Nc1ccc(-c2cccs2)cc1NC(=O)c1ccc(CC(COP=O)Cc2cccnc2)cc1. The Balaban J connectivity index is 1.43. The van der Waals surface area contributed by atoms with Crippen molar-refractivity contribution in [2.24, 2.45) is 5.92 Å². The van der Waals surface area contributed by atoms with E-state index in [1.54, 1.807) is 35.7 Å². The standard InChI is InChI=1S/C26H24N3O3PS/c27-23-10-9-22(25-4-2-12-34-25)15-24(23)29-26(30)21-7-5-18(6-8-21)13-20(17-32-33-31)14-19-3-1-11-28-16-19/h1-12,15-16,20H,13-14,17,27H2,(H,29,30). The van der Waals surface area contributed by atoms with Crippen molar-refractivity contribution in [3.8, 4) is 10.4 Å². The van der Waals surface area contributed by atoms with Crippen molar-refractivity contribution in [3.05, 3.63) is 101 Å². The van der Waals surface area contributed by atoms with Crippen LogP contribution in [0.25, 0.3) is 10.4 Å². The first-order valence-electron chi connectivity index (χ1n) is 10.8. The van der Waals surface area contributed by atoms with Crippen LogP contribution in [0, 0.1) is 5.92 Å². The molecule has 34 heavy (non-hydrogen) atoms. The summed E-state index contributed by atoms with van der Waals surface area (Å²) in [5.74, 6) is -0.0907. The molecule has 4 rings (SSSR count). The van der Waals surface area contributed by atoms with Gasteiger partial charge in [-0.05, 0) is 77.2 Å². The third-order valence-corrected chi connectivity index (χ3v) is 6.63. The molecular formula is C26H24N3O3PS. The number of nitrogens with zero attached hydrogens (tertiary/aromatic N) is 1. The number of anilines is 2. The van der Waals surface area contributed by atoms with Crippen LogP contribution in [0.3, 0.4) is 0 Å². The zero-order valence-electron chi connectivity index (χ0n) is 18.4. The molecule has 2 aromatic carbocycles. The number of benzene rings is 2. The molecule has 8 heteroatoms. The van der Waals surface area contributed by atoms with Crippen LogP contribution >= 0.6 is 20.0 Å². The first-order valence-corrected chi connectivity index (χ1v) is 12.4. The number of nitrogens with one attached hydrogen (secondary N) is 1. The lowest BCUT2D eigenvalue weighted by Crippen LogP contribution is -2.15. The van der Waals surface area contributed by atoms with Crippen molar-refractivity contribution in [2.45, 2.75) is 12.8 Å². The van der Waals surface area contributed by atoms with E-state index in [0.717, 1.165) is 34.4 Å². The van der Waals surface area contributed by atoms with E-state index in [-0.39, 0.29) is 20.5 Å². The predicted molar refractivity (Wildman–Crippen MR) is 137 cm³/mol. The first-order chi connectivity index (χ1) is 16.6. The minimum Gasteiger partial charge on any atom is -0.397 e. The highest BCUT2D eigenvalue weighted by atomic mass is 32.1. The highest BCUT2D eigenvalue weighted by Crippen LogP contribution is 2.30. The van der Waals surface area contributed by atoms with Crippen molar-refractivity contribution in [3.63, 3.8) is 0 Å². The third-order valence-electron chi connectivity index (χ3n) is 5.46. The molecular weight excluding hydrogens is 465 g/mol. The van der Waals surface area contributed by atoms with Crippen LogP contribution in [0.4, 0.5) is 11.4 Å². The molecule has 0 spiro atoms. The van der Waals surface area contributed by atoms with Gasteiger partial charge in [0.15, 0.2) is 0 Å². The summed E-state index contributed by atoms with van der Waals surface area (Å²) in [6.07, 6.45) is 5.04. The van der Waals surface area contributed by atoms with E-state index in [1.807, 2.05) is 60.1 Å². The smallest absolute Gasteiger partial charge is 0.327 e. The van der Waals surface area contributed by atoms with Gasteiger partial charge in [-0.1, -0.05) is 30.3 Å². The molecule has 1 amide bonds. The van der Waals surface area contributed by atoms with E-state index in [4.69, 9.17) is 10.3 Å². The number of nitrogen functional groups attached to an aromatic ring is 1. The van der Waals surface area contributed by atoms with E-state index in [0.29, 0.717) is 23.5 Å². The summed E-state index contributed by atoms with van der Waals surface area (Å²) in [6, 6.07) is 21.1. The predicted octanol–water partition coefficient (Wildman–Crippen LogP) is 6.27. The molecule has 0 bridgehead atoms. The Labute approximate surface area is 204 Å². The summed E-state index contributed by atoms with van der Waals surface area (Å²) in [7, 11) is -0.327. The van der Waals surface area contributed by atoms with Crippen LogP contribution in [0.5, 0.6) is 0 Å². The van der Waals surface area contributed by atoms with Crippen molar-refractivity contribution in [1.29, 1.82) is 0 Å². The molecule has 2 heterocycles. The maximum absolute atomic E-state index is 12.9. The summed E-state index contributed by atoms with van der Waals surface area (Å²) in [5.41, 5.74) is 10.9. The molecule has 0 saturated heterocycles. The molecule has 0 fully saturated rings. The summed E-state index contributed by atoms with van der Waals surface area (Å²) in [5, 5.41) is 4.94. The highest BCUT2D eigenvalue weighted by molar-refractivity contribution is 7.17. The number of hydrogen-bond acceptors (Lipinski definition) is 6. The van der Waals surface area contributed by atoms with Crippen LogP contribution in [-0.4, -0.2) is 17.5 Å². The second kappa shape index (κ2) is 11.7. The van der Waals surface area contributed by atoms with Crippen LogP contribution < -0.4 is 11.1 Å². The fourth-order valence-electron chi connectivity index (χ4n) is 3.76. The Kier molecular flexibility index (Phi) is 8.15. The van der Waals surface area contributed by atoms with E-state index >= 15 is 0 Å². The lowest BCUT2D eigenvalue weighted by Gasteiger charge is -2.16. The van der Waals surface area contributed by atoms with Crippen LogP contribution in [-0.2, 0) is 21.9 Å². The van der Waals surface area contributed by atoms with Crippen LogP contribution in [0.1, 0.15) is 21.5 Å². The minimum absolute atomic E-state index is 0.130. The zero-order valence-corrected chi connectivity index (χ0v) is 20.1. The average molecular weight is 490 g/mol. The van der Waals surface area contributed by atoms with Gasteiger partial charge in [0.2, 0.25) is 0 Å². The van der Waals surface area contributed by atoms with Gasteiger partial charge < -0.3 is 11.1 Å². The molecule has 3 N–H and O–H groups in total. The van der Waals surface area contributed by atoms with Gasteiger partial charge in [-0.3, -0.25) is 14.3 Å². The van der Waals surface area contributed by atoms with E-state index < -0.39 is 0 Å². The fraction of sp³-hybridized carbons (Fsp3) is 0.154. The molecule has 1 unspecified atom stereocenters. The van der Waals surface area contributed by atoms with Gasteiger partial charge in [0.1, 0.15) is 0 Å². The first kappa shape index (κ1) is 23.8. The monoisotopic (exact) mass is 489 g/mol. The average Bonchev–Trinajstić information content (AvgIpc) is 3.40. The molecule has 0 radical (unpaired) electrons. The molecule has 0 saturated carbocycles. The maximum atomic E-state index is 12.9. The van der Waals surface area contributed by atoms with Gasteiger partial charge in [-0.15, -0.1) is 11.3 Å². The van der Waals surface area contributed by atoms with Gasteiger partial charge in [0.05, 0.1) is 18.0 Å². The number of aromatic nitrogens is 1.